The second-order valence-corrected chi connectivity index (χ2v) is 4.79. The first kappa shape index (κ1) is 11.4. The maximum absolute atomic E-state index is 4.08. The second-order valence-electron chi connectivity index (χ2n) is 3.63. The number of hydrogen-bond donors (Lipinski definition) is 1. The summed E-state index contributed by atoms with van der Waals surface area (Å²) in [7, 11) is 2.04. The van der Waals surface area contributed by atoms with Gasteiger partial charge in [0.25, 0.3) is 0 Å². The number of rotatable bonds is 5. The lowest BCUT2D eigenvalue weighted by Gasteiger charge is -2.16. The molecular weight excluding hydrogens is 196 g/mol. The summed E-state index contributed by atoms with van der Waals surface area (Å²) in [4.78, 5) is 2.13. The number of aromatic nitrogens is 2. The van der Waals surface area contributed by atoms with Gasteiger partial charge in [0, 0.05) is 26.2 Å². The van der Waals surface area contributed by atoms with Crippen LogP contribution in [0.5, 0.6) is 0 Å². The fourth-order valence-corrected chi connectivity index (χ4v) is 1.73. The van der Waals surface area contributed by atoms with E-state index in [1.807, 2.05) is 14.0 Å². The lowest BCUT2D eigenvalue weighted by Crippen LogP contribution is -2.32. The summed E-state index contributed by atoms with van der Waals surface area (Å²) in [6, 6.07) is 0.541. The van der Waals surface area contributed by atoms with Crippen molar-refractivity contribution in [3.8, 4) is 0 Å². The van der Waals surface area contributed by atoms with Crippen molar-refractivity contribution in [2.24, 2.45) is 0 Å². The monoisotopic (exact) mass is 214 g/mol. The third kappa shape index (κ3) is 3.59. The molecule has 0 aliphatic heterocycles. The number of nitrogens with zero attached hydrogens (tertiary/aromatic N) is 3. The molecule has 0 aromatic carbocycles. The van der Waals surface area contributed by atoms with E-state index in [-0.39, 0.29) is 0 Å². The van der Waals surface area contributed by atoms with Gasteiger partial charge in [0.15, 0.2) is 0 Å². The Balaban J connectivity index is 2.32. The summed E-state index contributed by atoms with van der Waals surface area (Å²) in [6.07, 6.45) is 0. The largest absolute Gasteiger partial charge is 0.348 e. The highest BCUT2D eigenvalue weighted by atomic mass is 32.1. The van der Waals surface area contributed by atoms with Gasteiger partial charge in [0.1, 0.15) is 5.01 Å². The van der Waals surface area contributed by atoms with Crippen LogP contribution in [-0.4, -0.2) is 36.4 Å². The Morgan fingerprint density at radius 3 is 2.64 bits per heavy atom. The quantitative estimate of drug-likeness (QED) is 0.801. The van der Waals surface area contributed by atoms with E-state index in [0.717, 1.165) is 23.2 Å². The molecule has 0 aliphatic rings. The van der Waals surface area contributed by atoms with E-state index in [2.05, 4.69) is 34.3 Å². The van der Waals surface area contributed by atoms with Crippen LogP contribution >= 0.6 is 11.3 Å². The molecule has 0 atom stereocenters. The molecule has 80 valence electrons. The molecule has 0 saturated carbocycles. The smallest absolute Gasteiger partial charge is 0.208 e. The summed E-state index contributed by atoms with van der Waals surface area (Å²) in [5.41, 5.74) is 0. The van der Waals surface area contributed by atoms with Crippen molar-refractivity contribution in [3.63, 3.8) is 0 Å². The van der Waals surface area contributed by atoms with Crippen LogP contribution in [0.3, 0.4) is 0 Å². The molecule has 0 spiro atoms. The predicted molar refractivity (Wildman–Crippen MR) is 61.1 cm³/mol. The van der Waals surface area contributed by atoms with Crippen molar-refractivity contribution >= 4 is 16.5 Å². The van der Waals surface area contributed by atoms with Crippen LogP contribution in [0.25, 0.3) is 0 Å². The maximum atomic E-state index is 4.08. The lowest BCUT2D eigenvalue weighted by atomic mass is 10.4. The van der Waals surface area contributed by atoms with Crippen molar-refractivity contribution < 1.29 is 0 Å². The molecule has 0 fully saturated rings. The molecule has 1 N–H and O–H groups in total. The van der Waals surface area contributed by atoms with Crippen LogP contribution in [-0.2, 0) is 0 Å². The van der Waals surface area contributed by atoms with Crippen LogP contribution in [0.15, 0.2) is 0 Å². The average molecular weight is 214 g/mol. The Morgan fingerprint density at radius 2 is 2.14 bits per heavy atom. The van der Waals surface area contributed by atoms with E-state index in [1.165, 1.54) is 0 Å². The van der Waals surface area contributed by atoms with Gasteiger partial charge >= 0.3 is 0 Å². The van der Waals surface area contributed by atoms with Gasteiger partial charge in [-0.15, -0.1) is 10.2 Å². The third-order valence-electron chi connectivity index (χ3n) is 1.84. The molecular formula is C9H18N4S. The van der Waals surface area contributed by atoms with Crippen LogP contribution < -0.4 is 10.2 Å². The first-order valence-electron chi connectivity index (χ1n) is 4.84. The second kappa shape index (κ2) is 5.26. The molecule has 1 heterocycles. The van der Waals surface area contributed by atoms with E-state index >= 15 is 0 Å². The summed E-state index contributed by atoms with van der Waals surface area (Å²) in [5.74, 6) is 0. The van der Waals surface area contributed by atoms with E-state index in [1.54, 1.807) is 11.3 Å². The Morgan fingerprint density at radius 1 is 1.43 bits per heavy atom. The predicted octanol–water partition coefficient (Wildman–Crippen LogP) is 1.28. The van der Waals surface area contributed by atoms with Gasteiger partial charge in [-0.1, -0.05) is 25.2 Å². The van der Waals surface area contributed by atoms with Crippen LogP contribution in [0.1, 0.15) is 18.9 Å². The molecule has 0 saturated heterocycles. The highest BCUT2D eigenvalue weighted by Crippen LogP contribution is 2.17. The van der Waals surface area contributed by atoms with E-state index in [0.29, 0.717) is 6.04 Å². The zero-order valence-corrected chi connectivity index (χ0v) is 10.1. The van der Waals surface area contributed by atoms with Gasteiger partial charge in [0.2, 0.25) is 5.13 Å². The molecule has 0 aliphatic carbocycles. The maximum Gasteiger partial charge on any atom is 0.208 e. The van der Waals surface area contributed by atoms with Gasteiger partial charge in [-0.05, 0) is 6.92 Å². The normalized spacial score (nSPS) is 10.9. The van der Waals surface area contributed by atoms with Gasteiger partial charge in [-0.3, -0.25) is 0 Å². The van der Waals surface area contributed by atoms with Crippen molar-refractivity contribution in [2.45, 2.75) is 26.8 Å². The summed E-state index contributed by atoms with van der Waals surface area (Å²) < 4.78 is 0. The SMILES string of the molecule is Cc1nnc(N(C)CCNC(C)C)s1. The van der Waals surface area contributed by atoms with E-state index in [9.17, 15) is 0 Å². The minimum absolute atomic E-state index is 0.541. The van der Waals surface area contributed by atoms with Crippen LogP contribution in [0.4, 0.5) is 5.13 Å². The number of nitrogens with one attached hydrogen (secondary N) is 1. The van der Waals surface area contributed by atoms with Gasteiger partial charge in [-0.2, -0.15) is 0 Å². The van der Waals surface area contributed by atoms with Crippen LogP contribution in [0, 0.1) is 6.92 Å². The average Bonchev–Trinajstić information content (AvgIpc) is 2.51. The summed E-state index contributed by atoms with van der Waals surface area (Å²) >= 11 is 1.63. The van der Waals surface area contributed by atoms with Crippen molar-refractivity contribution in [3.05, 3.63) is 5.01 Å². The van der Waals surface area contributed by atoms with Gasteiger partial charge in [0.05, 0.1) is 0 Å². The number of hydrogen-bond acceptors (Lipinski definition) is 5. The van der Waals surface area contributed by atoms with Crippen molar-refractivity contribution in [2.75, 3.05) is 25.0 Å². The van der Waals surface area contributed by atoms with Crippen molar-refractivity contribution in [1.82, 2.24) is 15.5 Å². The van der Waals surface area contributed by atoms with E-state index < -0.39 is 0 Å². The number of likely N-dealkylation sites (N-methyl/N-ethyl adjacent to an activating group) is 1. The number of anilines is 1. The Labute approximate surface area is 89.3 Å². The number of aryl methyl sites for hydroxylation is 1. The summed E-state index contributed by atoms with van der Waals surface area (Å²) in [5, 5.41) is 13.4. The molecule has 0 radical (unpaired) electrons. The van der Waals surface area contributed by atoms with E-state index in [4.69, 9.17) is 0 Å². The first-order chi connectivity index (χ1) is 6.59. The Bertz CT molecular complexity index is 272. The Hall–Kier alpha value is -0.680. The van der Waals surface area contributed by atoms with Crippen LogP contribution in [0.2, 0.25) is 0 Å². The van der Waals surface area contributed by atoms with Crippen molar-refractivity contribution in [1.29, 1.82) is 0 Å². The van der Waals surface area contributed by atoms with Gasteiger partial charge in [-0.25, -0.2) is 0 Å². The molecule has 1 aromatic heterocycles. The molecule has 0 amide bonds. The third-order valence-corrected chi connectivity index (χ3v) is 2.79. The molecule has 14 heavy (non-hydrogen) atoms. The minimum atomic E-state index is 0.541. The highest BCUT2D eigenvalue weighted by molar-refractivity contribution is 7.15. The molecule has 0 bridgehead atoms. The zero-order valence-electron chi connectivity index (χ0n) is 9.24. The lowest BCUT2D eigenvalue weighted by molar-refractivity contribution is 0.589. The topological polar surface area (TPSA) is 41.1 Å². The zero-order chi connectivity index (χ0) is 10.6. The molecule has 1 rings (SSSR count). The fourth-order valence-electron chi connectivity index (χ4n) is 1.06. The summed E-state index contributed by atoms with van der Waals surface area (Å²) in [6.45, 7) is 8.21. The molecule has 0 unspecified atom stereocenters. The highest BCUT2D eigenvalue weighted by Gasteiger charge is 2.05. The molecule has 5 heteroatoms. The van der Waals surface area contributed by atoms with Gasteiger partial charge < -0.3 is 10.2 Å². The molecule has 1 aromatic rings. The Kier molecular flexibility index (Phi) is 4.28. The fraction of sp³-hybridized carbons (Fsp3) is 0.778. The first-order valence-corrected chi connectivity index (χ1v) is 5.66. The molecule has 4 nitrogen and oxygen atoms in total. The standard InChI is InChI=1S/C9H18N4S/c1-7(2)10-5-6-13(4)9-12-11-8(3)14-9/h7,10H,5-6H2,1-4H3. The minimum Gasteiger partial charge on any atom is -0.348 e.